The van der Waals surface area contributed by atoms with E-state index in [4.69, 9.17) is 5.26 Å². The molecule has 0 atom stereocenters. The van der Waals surface area contributed by atoms with Crippen LogP contribution < -0.4 is 15.9 Å². The van der Waals surface area contributed by atoms with Gasteiger partial charge in [0, 0.05) is 5.56 Å². The normalized spacial score (nSPS) is 10.3. The molecular weight excluding hydrogens is 389 g/mol. The maximum Gasteiger partial charge on any atom is 0.112 e. The lowest BCUT2D eigenvalue weighted by Gasteiger charge is -2.25. The van der Waals surface area contributed by atoms with E-state index in [1.165, 1.54) is 32.4 Å². The van der Waals surface area contributed by atoms with Crippen LogP contribution in [0, 0.1) is 10.7 Å². The molecule has 0 aromatic heterocycles. The van der Waals surface area contributed by atoms with Gasteiger partial charge in [0.25, 0.3) is 0 Å². The lowest BCUT2D eigenvalue weighted by atomic mass is 10.1. The van der Waals surface area contributed by atoms with Gasteiger partial charge >= 0.3 is 0 Å². The second kappa shape index (κ2) is 9.99. The van der Waals surface area contributed by atoms with Gasteiger partial charge in [-0.2, -0.15) is 0 Å². The number of hydrogen-bond acceptors (Lipinski definition) is 2. The predicted molar refractivity (Wildman–Crippen MR) is 129 cm³/mol. The minimum atomic E-state index is -1.73. The Balaban J connectivity index is 0.000000755. The fourth-order valence-corrected chi connectivity index (χ4v) is 7.07. The van der Waals surface area contributed by atoms with E-state index in [0.29, 0.717) is 0 Å². The summed E-state index contributed by atoms with van der Waals surface area (Å²) in [6, 6.07) is 41.6. The van der Waals surface area contributed by atoms with Crippen LogP contribution in [0.25, 0.3) is 11.1 Å². The SMILES string of the molecule is C[P+](c1ccccc1)(c1ccccc1)c1ccccc1-c1ccccc1.N#C[S-]. The van der Waals surface area contributed by atoms with Gasteiger partial charge in [-0.25, -0.2) is 5.26 Å². The van der Waals surface area contributed by atoms with Gasteiger partial charge in [0.1, 0.15) is 23.2 Å². The molecule has 0 fully saturated rings. The minimum Gasteiger partial charge on any atom is -0.696 e. The summed E-state index contributed by atoms with van der Waals surface area (Å²) in [4.78, 5) is 0. The van der Waals surface area contributed by atoms with Crippen LogP contribution in [0.5, 0.6) is 0 Å². The van der Waals surface area contributed by atoms with Crippen molar-refractivity contribution in [3.63, 3.8) is 0 Å². The van der Waals surface area contributed by atoms with E-state index in [9.17, 15) is 0 Å². The zero-order valence-electron chi connectivity index (χ0n) is 16.3. The molecular formula is C26H22NPS. The molecule has 4 rings (SSSR count). The van der Waals surface area contributed by atoms with Gasteiger partial charge in [-0.15, -0.1) is 0 Å². The van der Waals surface area contributed by atoms with Gasteiger partial charge in [0.2, 0.25) is 0 Å². The van der Waals surface area contributed by atoms with Crippen molar-refractivity contribution in [2.24, 2.45) is 0 Å². The molecule has 0 heterocycles. The maximum absolute atomic E-state index is 7.13. The van der Waals surface area contributed by atoms with E-state index < -0.39 is 7.26 Å². The first-order valence-corrected chi connectivity index (χ1v) is 12.0. The topological polar surface area (TPSA) is 23.8 Å². The molecule has 0 aliphatic rings. The average molecular weight is 412 g/mol. The third-order valence-electron chi connectivity index (χ3n) is 5.02. The Hall–Kier alpha value is -2.98. The third-order valence-corrected chi connectivity index (χ3v) is 9.03. The number of nitriles is 1. The molecule has 0 amide bonds. The van der Waals surface area contributed by atoms with E-state index in [1.807, 2.05) is 0 Å². The van der Waals surface area contributed by atoms with Crippen LogP contribution in [0.3, 0.4) is 0 Å². The summed E-state index contributed by atoms with van der Waals surface area (Å²) in [5.74, 6) is 0. The van der Waals surface area contributed by atoms with Crippen molar-refractivity contribution in [1.29, 1.82) is 5.26 Å². The second-order valence-corrected chi connectivity index (χ2v) is 10.4. The molecule has 0 N–H and O–H groups in total. The average Bonchev–Trinajstić information content (AvgIpc) is 2.81. The first kappa shape index (κ1) is 20.7. The van der Waals surface area contributed by atoms with E-state index in [2.05, 4.69) is 135 Å². The summed E-state index contributed by atoms with van der Waals surface area (Å²) in [5.41, 5.74) is 2.61. The number of nitrogens with zero attached hydrogens (tertiary/aromatic N) is 1. The standard InChI is InChI=1S/C25H22P.CHNS/c1-26(22-15-7-3-8-16-22,23-17-9-4-10-18-23)25-20-12-11-19-24(25)21-13-5-2-6-14-21;2-1-3/h2-20H,1H3;3H/q+1;/p-1. The Kier molecular flexibility index (Phi) is 7.14. The maximum atomic E-state index is 7.13. The molecule has 0 bridgehead atoms. The Morgan fingerprint density at radius 2 is 1.00 bits per heavy atom. The van der Waals surface area contributed by atoms with E-state index in [0.717, 1.165) is 0 Å². The highest BCUT2D eigenvalue weighted by atomic mass is 32.1. The smallest absolute Gasteiger partial charge is 0.112 e. The third kappa shape index (κ3) is 4.54. The zero-order valence-corrected chi connectivity index (χ0v) is 18.0. The van der Waals surface area contributed by atoms with Gasteiger partial charge < -0.3 is 12.6 Å². The second-order valence-electron chi connectivity index (χ2n) is 6.65. The molecule has 0 aliphatic heterocycles. The molecule has 0 unspecified atom stereocenters. The molecule has 29 heavy (non-hydrogen) atoms. The Morgan fingerprint density at radius 1 is 0.621 bits per heavy atom. The van der Waals surface area contributed by atoms with Crippen LogP contribution in [-0.2, 0) is 12.6 Å². The molecule has 0 spiro atoms. The highest BCUT2D eigenvalue weighted by molar-refractivity contribution is 7.95. The van der Waals surface area contributed by atoms with Gasteiger partial charge in [-0.3, -0.25) is 0 Å². The molecule has 1 nitrogen and oxygen atoms in total. The first-order chi connectivity index (χ1) is 14.2. The van der Waals surface area contributed by atoms with Crippen molar-refractivity contribution in [3.05, 3.63) is 115 Å². The lowest BCUT2D eigenvalue weighted by molar-refractivity contribution is 1.57. The lowest BCUT2D eigenvalue weighted by Crippen LogP contribution is -2.31. The molecule has 4 aromatic rings. The summed E-state index contributed by atoms with van der Waals surface area (Å²) in [5, 5.41) is 12.7. The summed E-state index contributed by atoms with van der Waals surface area (Å²) in [6.45, 7) is 2.44. The van der Waals surface area contributed by atoms with E-state index in [1.54, 1.807) is 0 Å². The number of hydrogen-bond donors (Lipinski definition) is 0. The first-order valence-electron chi connectivity index (χ1n) is 9.36. The molecule has 4 aromatic carbocycles. The number of thiocyanates is 1. The van der Waals surface area contributed by atoms with Gasteiger partial charge in [-0.05, 0) is 35.9 Å². The zero-order chi connectivity index (χ0) is 20.5. The molecule has 0 radical (unpaired) electrons. The number of rotatable bonds is 4. The van der Waals surface area contributed by atoms with Gasteiger partial charge in [0.15, 0.2) is 0 Å². The van der Waals surface area contributed by atoms with Crippen LogP contribution >= 0.6 is 7.26 Å². The Labute approximate surface area is 179 Å². The van der Waals surface area contributed by atoms with E-state index in [-0.39, 0.29) is 0 Å². The van der Waals surface area contributed by atoms with E-state index >= 15 is 0 Å². The molecule has 0 aliphatic carbocycles. The monoisotopic (exact) mass is 411 g/mol. The summed E-state index contributed by atoms with van der Waals surface area (Å²) in [7, 11) is -1.73. The Bertz CT molecular complexity index is 1030. The summed E-state index contributed by atoms with van der Waals surface area (Å²) in [6.07, 6.45) is 0. The van der Waals surface area contributed by atoms with Crippen molar-refractivity contribution in [3.8, 4) is 16.5 Å². The fourth-order valence-electron chi connectivity index (χ4n) is 3.60. The van der Waals surface area contributed by atoms with Crippen molar-refractivity contribution in [1.82, 2.24) is 0 Å². The largest absolute Gasteiger partial charge is 0.696 e. The quantitative estimate of drug-likeness (QED) is 0.259. The van der Waals surface area contributed by atoms with Gasteiger partial charge in [-0.1, -0.05) is 90.3 Å². The van der Waals surface area contributed by atoms with Crippen LogP contribution in [0.15, 0.2) is 115 Å². The molecule has 0 saturated heterocycles. The fraction of sp³-hybridized carbons (Fsp3) is 0.0385. The number of benzene rings is 4. The van der Waals surface area contributed by atoms with Crippen LogP contribution in [0.2, 0.25) is 0 Å². The summed E-state index contributed by atoms with van der Waals surface area (Å²) < 4.78 is 0. The van der Waals surface area contributed by atoms with Crippen molar-refractivity contribution in [2.45, 2.75) is 0 Å². The van der Waals surface area contributed by atoms with Crippen LogP contribution in [0.1, 0.15) is 0 Å². The summed E-state index contributed by atoms with van der Waals surface area (Å²) >= 11 is 3.70. The highest BCUT2D eigenvalue weighted by Gasteiger charge is 2.41. The Morgan fingerprint density at radius 3 is 1.48 bits per heavy atom. The molecule has 3 heteroatoms. The predicted octanol–water partition coefficient (Wildman–Crippen LogP) is 5.29. The van der Waals surface area contributed by atoms with Crippen molar-refractivity contribution < 1.29 is 0 Å². The molecule has 142 valence electrons. The highest BCUT2D eigenvalue weighted by Crippen LogP contribution is 2.53. The molecule has 0 saturated carbocycles. The van der Waals surface area contributed by atoms with Crippen molar-refractivity contribution in [2.75, 3.05) is 6.66 Å². The van der Waals surface area contributed by atoms with Crippen LogP contribution in [-0.4, -0.2) is 6.66 Å². The van der Waals surface area contributed by atoms with Crippen molar-refractivity contribution >= 4 is 35.8 Å². The van der Waals surface area contributed by atoms with Crippen LogP contribution in [0.4, 0.5) is 0 Å². The van der Waals surface area contributed by atoms with Gasteiger partial charge in [0.05, 0.1) is 6.66 Å². The minimum absolute atomic E-state index is 1.28.